The van der Waals surface area contributed by atoms with Crippen LogP contribution in [0.15, 0.2) is 35.0 Å². The van der Waals surface area contributed by atoms with Gasteiger partial charge in [-0.1, -0.05) is 50.2 Å². The molecule has 1 saturated heterocycles. The summed E-state index contributed by atoms with van der Waals surface area (Å²) >= 11 is 0. The minimum atomic E-state index is -0.326. The molecule has 0 spiro atoms. The van der Waals surface area contributed by atoms with Crippen molar-refractivity contribution >= 4 is 17.3 Å². The molecular formula is C33H40N8O3. The van der Waals surface area contributed by atoms with E-state index >= 15 is 0 Å². The summed E-state index contributed by atoms with van der Waals surface area (Å²) in [7, 11) is 0. The lowest BCUT2D eigenvalue weighted by Crippen LogP contribution is -2.31. The average molecular weight is 597 g/mol. The van der Waals surface area contributed by atoms with Crippen LogP contribution < -0.4 is 10.6 Å². The molecule has 0 radical (unpaired) electrons. The molecular weight excluding hydrogens is 556 g/mol. The maximum atomic E-state index is 13.1. The molecule has 1 amide bonds. The Balaban J connectivity index is 1.11. The molecule has 230 valence electrons. The van der Waals surface area contributed by atoms with Crippen molar-refractivity contribution in [2.45, 2.75) is 77.8 Å². The van der Waals surface area contributed by atoms with E-state index in [4.69, 9.17) is 19.3 Å². The van der Waals surface area contributed by atoms with Gasteiger partial charge in [0, 0.05) is 36.9 Å². The second kappa shape index (κ2) is 11.7. The fraction of sp³-hybridized carbons (Fsp3) is 0.485. The van der Waals surface area contributed by atoms with E-state index in [1.54, 1.807) is 0 Å². The number of nitrogens with one attached hydrogen (secondary N) is 3. The molecule has 44 heavy (non-hydrogen) atoms. The Morgan fingerprint density at radius 2 is 1.98 bits per heavy atom. The van der Waals surface area contributed by atoms with Gasteiger partial charge in [0.25, 0.3) is 0 Å². The van der Waals surface area contributed by atoms with E-state index in [1.165, 1.54) is 5.56 Å². The van der Waals surface area contributed by atoms with Crippen molar-refractivity contribution in [3.8, 4) is 11.4 Å². The van der Waals surface area contributed by atoms with Crippen LogP contribution in [-0.4, -0.2) is 55.6 Å². The number of nitrogens with zero attached hydrogens (tertiary/aromatic N) is 5. The number of fused-ring (bicyclic) bond motifs is 2. The number of ether oxygens (including phenoxy) is 1. The monoisotopic (exact) mass is 596 g/mol. The molecule has 1 aliphatic carbocycles. The molecule has 1 aromatic carbocycles. The first-order chi connectivity index (χ1) is 21.4. The quantitative estimate of drug-likeness (QED) is 0.246. The predicted molar refractivity (Wildman–Crippen MR) is 166 cm³/mol. The molecule has 3 aliphatic rings. The second-order valence-corrected chi connectivity index (χ2v) is 12.6. The molecule has 11 heteroatoms. The Kier molecular flexibility index (Phi) is 7.57. The summed E-state index contributed by atoms with van der Waals surface area (Å²) in [5.74, 6) is 2.40. The Labute approximate surface area is 256 Å². The van der Waals surface area contributed by atoms with Gasteiger partial charge in [-0.3, -0.25) is 9.48 Å². The van der Waals surface area contributed by atoms with E-state index in [0.29, 0.717) is 24.3 Å². The van der Waals surface area contributed by atoms with E-state index in [2.05, 4.69) is 75.5 Å². The summed E-state index contributed by atoms with van der Waals surface area (Å²) in [5, 5.41) is 15.4. The number of imidazole rings is 1. The lowest BCUT2D eigenvalue weighted by molar-refractivity contribution is 0.0657. The van der Waals surface area contributed by atoms with Gasteiger partial charge in [0.1, 0.15) is 5.82 Å². The van der Waals surface area contributed by atoms with Crippen LogP contribution in [0.4, 0.5) is 5.82 Å². The van der Waals surface area contributed by atoms with E-state index in [9.17, 15) is 4.79 Å². The summed E-state index contributed by atoms with van der Waals surface area (Å²) in [5.41, 5.74) is 7.75. The second-order valence-electron chi connectivity index (χ2n) is 12.6. The number of aryl methyl sites for hydroxylation is 1. The highest BCUT2D eigenvalue weighted by molar-refractivity contribution is 5.90. The van der Waals surface area contributed by atoms with Crippen molar-refractivity contribution in [3.05, 3.63) is 70.3 Å². The van der Waals surface area contributed by atoms with Gasteiger partial charge in [-0.2, -0.15) is 10.1 Å². The van der Waals surface area contributed by atoms with Gasteiger partial charge in [-0.05, 0) is 61.6 Å². The first-order valence-corrected chi connectivity index (χ1v) is 15.8. The normalized spacial score (nSPS) is 19.2. The van der Waals surface area contributed by atoms with E-state index in [1.807, 2.05) is 13.1 Å². The number of anilines is 1. The fourth-order valence-corrected chi connectivity index (χ4v) is 6.55. The highest BCUT2D eigenvalue weighted by Crippen LogP contribution is 2.38. The number of carbonyl (C=O) groups excluding carboxylic acids is 1. The predicted octanol–water partition coefficient (Wildman–Crippen LogP) is 5.74. The zero-order valence-electron chi connectivity index (χ0n) is 25.8. The molecule has 11 nitrogen and oxygen atoms in total. The maximum absolute atomic E-state index is 13.1. The number of aromatic amines is 1. The fourth-order valence-electron chi connectivity index (χ4n) is 6.55. The van der Waals surface area contributed by atoms with Gasteiger partial charge in [0.2, 0.25) is 0 Å². The first kappa shape index (κ1) is 28.5. The molecule has 7 rings (SSSR count). The molecule has 3 N–H and O–H groups in total. The highest BCUT2D eigenvalue weighted by Gasteiger charge is 2.28. The SMILES string of the molecule is Cc1c(-c2nc3c([nH]2)C(c2ccc4c(c2)CCC[C@H]4NC(=O)c2nc(C(C)C(C)C)no2)=CCN3)cnn1C1CCOCC1. The van der Waals surface area contributed by atoms with Crippen molar-refractivity contribution in [1.82, 2.24) is 35.2 Å². The number of rotatable bonds is 7. The number of aromatic nitrogens is 6. The van der Waals surface area contributed by atoms with Crippen molar-refractivity contribution < 1.29 is 14.1 Å². The molecule has 1 unspecified atom stereocenters. The molecule has 2 atom stereocenters. The molecule has 2 aliphatic heterocycles. The van der Waals surface area contributed by atoms with Crippen molar-refractivity contribution in [3.63, 3.8) is 0 Å². The lowest BCUT2D eigenvalue weighted by Gasteiger charge is -2.27. The Morgan fingerprint density at radius 3 is 2.80 bits per heavy atom. The Morgan fingerprint density at radius 1 is 1.14 bits per heavy atom. The van der Waals surface area contributed by atoms with Gasteiger partial charge in [0.05, 0.1) is 29.5 Å². The number of benzene rings is 1. The van der Waals surface area contributed by atoms with Crippen LogP contribution in [0.25, 0.3) is 17.0 Å². The molecule has 0 bridgehead atoms. The van der Waals surface area contributed by atoms with Crippen LogP contribution >= 0.6 is 0 Å². The standard InChI is InChI=1S/C33H40N8O3/c1-18(2)19(3)29-39-33(44-40-29)32(42)36-27-7-5-6-21-16-22(8-9-24(21)27)25-10-13-34-31-28(25)37-30(38-31)26-17-35-41(20(26)4)23-11-14-43-15-12-23/h8-10,16-19,23,27,34H,5-7,11-15H2,1-4H3,(H,36,42)(H,37,38)/t19?,27-/m1/s1. The third-order valence-corrected chi connectivity index (χ3v) is 9.50. The summed E-state index contributed by atoms with van der Waals surface area (Å²) < 4.78 is 13.0. The minimum Gasteiger partial charge on any atom is -0.381 e. The van der Waals surface area contributed by atoms with Gasteiger partial charge in [-0.25, -0.2) is 4.98 Å². The molecule has 4 aromatic rings. The van der Waals surface area contributed by atoms with Gasteiger partial charge >= 0.3 is 11.8 Å². The number of H-pyrrole nitrogens is 1. The van der Waals surface area contributed by atoms with Gasteiger partial charge < -0.3 is 24.9 Å². The smallest absolute Gasteiger partial charge is 0.315 e. The maximum Gasteiger partial charge on any atom is 0.315 e. The first-order valence-electron chi connectivity index (χ1n) is 15.8. The number of hydrogen-bond acceptors (Lipinski definition) is 8. The van der Waals surface area contributed by atoms with Crippen LogP contribution in [0.3, 0.4) is 0 Å². The molecule has 1 fully saturated rings. The van der Waals surface area contributed by atoms with Gasteiger partial charge in [-0.15, -0.1) is 0 Å². The Bertz CT molecular complexity index is 1710. The van der Waals surface area contributed by atoms with Crippen LogP contribution in [0.1, 0.15) is 109 Å². The number of carbonyl (C=O) groups is 1. The summed E-state index contributed by atoms with van der Waals surface area (Å²) in [6.07, 6.45) is 8.89. The van der Waals surface area contributed by atoms with Crippen molar-refractivity contribution in [2.75, 3.05) is 25.1 Å². The van der Waals surface area contributed by atoms with Gasteiger partial charge in [0.15, 0.2) is 11.6 Å². The summed E-state index contributed by atoms with van der Waals surface area (Å²) in [6.45, 7) is 10.6. The van der Waals surface area contributed by atoms with Crippen LogP contribution in [0.2, 0.25) is 0 Å². The molecule has 5 heterocycles. The zero-order chi connectivity index (χ0) is 30.4. The molecule has 3 aromatic heterocycles. The average Bonchev–Trinajstić information content (AvgIpc) is 3.79. The van der Waals surface area contributed by atoms with E-state index in [0.717, 1.165) is 90.6 Å². The largest absolute Gasteiger partial charge is 0.381 e. The van der Waals surface area contributed by atoms with Crippen LogP contribution in [-0.2, 0) is 11.2 Å². The molecule has 0 saturated carbocycles. The summed E-state index contributed by atoms with van der Waals surface area (Å²) in [4.78, 5) is 26.0. The topological polar surface area (TPSA) is 136 Å². The van der Waals surface area contributed by atoms with E-state index < -0.39 is 0 Å². The third kappa shape index (κ3) is 5.23. The summed E-state index contributed by atoms with van der Waals surface area (Å²) in [6, 6.07) is 6.81. The van der Waals surface area contributed by atoms with Crippen LogP contribution in [0.5, 0.6) is 0 Å². The highest BCUT2D eigenvalue weighted by atomic mass is 16.5. The van der Waals surface area contributed by atoms with Crippen LogP contribution in [0, 0.1) is 12.8 Å². The zero-order valence-corrected chi connectivity index (χ0v) is 25.8. The Hall–Kier alpha value is -4.25. The minimum absolute atomic E-state index is 0.0206. The van der Waals surface area contributed by atoms with Crippen molar-refractivity contribution in [1.29, 1.82) is 0 Å². The van der Waals surface area contributed by atoms with Crippen molar-refractivity contribution in [2.24, 2.45) is 5.92 Å². The lowest BCUT2D eigenvalue weighted by atomic mass is 9.85. The van der Waals surface area contributed by atoms with E-state index in [-0.39, 0.29) is 23.8 Å². The third-order valence-electron chi connectivity index (χ3n) is 9.50. The number of hydrogen-bond donors (Lipinski definition) is 3. The number of amides is 1.